The number of quaternary nitrogens is 1. The average molecular weight is 380 g/mol. The average Bonchev–Trinajstić information content (AvgIpc) is 2.54. The lowest BCUT2D eigenvalue weighted by molar-refractivity contribution is -1.24. The second-order valence-electron chi connectivity index (χ2n) is 7.63. The standard InChI is InChI=1S/C21H46NO2.ClH/c1-3-5-6-7-8-9-10-11-12-13-14-15-16-17-18-19-21-22(23,24)20-4-2;/h23-24H,3-21H2,1-2H3;1H/q+1;/p-1. The zero-order chi connectivity index (χ0) is 17.9. The van der Waals surface area contributed by atoms with Gasteiger partial charge >= 0.3 is 0 Å². The molecular formula is C21H46ClNO2. The molecule has 0 amide bonds. The van der Waals surface area contributed by atoms with E-state index in [1.165, 1.54) is 89.9 Å². The maximum Gasteiger partial charge on any atom is 0.142 e. The van der Waals surface area contributed by atoms with Gasteiger partial charge in [-0.1, -0.05) is 104 Å². The van der Waals surface area contributed by atoms with Gasteiger partial charge in [-0.2, -0.15) is 10.4 Å². The third kappa shape index (κ3) is 22.1. The summed E-state index contributed by atoms with van der Waals surface area (Å²) in [4.78, 5) is -0.783. The Kier molecular flexibility index (Phi) is 22.4. The largest absolute Gasteiger partial charge is 1.00 e. The van der Waals surface area contributed by atoms with Gasteiger partial charge in [-0.05, 0) is 17.7 Å². The van der Waals surface area contributed by atoms with Crippen LogP contribution in [0.15, 0.2) is 0 Å². The van der Waals surface area contributed by atoms with Gasteiger partial charge < -0.3 is 12.4 Å². The number of hydroxylamine groups is 4. The summed E-state index contributed by atoms with van der Waals surface area (Å²) in [5, 5.41) is 19.2. The van der Waals surface area contributed by atoms with Crippen molar-refractivity contribution in [1.29, 1.82) is 0 Å². The van der Waals surface area contributed by atoms with Gasteiger partial charge in [-0.25, -0.2) is 0 Å². The molecule has 0 spiro atoms. The molecule has 0 atom stereocenters. The summed E-state index contributed by atoms with van der Waals surface area (Å²) in [5.41, 5.74) is 0. The van der Waals surface area contributed by atoms with Gasteiger partial charge in [0.2, 0.25) is 0 Å². The minimum Gasteiger partial charge on any atom is -1.00 e. The first-order chi connectivity index (χ1) is 11.6. The smallest absolute Gasteiger partial charge is 0.142 e. The van der Waals surface area contributed by atoms with E-state index in [1.54, 1.807) is 0 Å². The fourth-order valence-corrected chi connectivity index (χ4v) is 3.38. The second kappa shape index (κ2) is 20.5. The zero-order valence-electron chi connectivity index (χ0n) is 17.2. The molecule has 0 heterocycles. The van der Waals surface area contributed by atoms with E-state index < -0.39 is 4.81 Å². The van der Waals surface area contributed by atoms with Gasteiger partial charge in [-0.3, -0.25) is 0 Å². The Morgan fingerprint density at radius 1 is 0.440 bits per heavy atom. The molecule has 154 valence electrons. The van der Waals surface area contributed by atoms with Gasteiger partial charge in [0.25, 0.3) is 0 Å². The van der Waals surface area contributed by atoms with Gasteiger partial charge in [-0.15, -0.1) is 0 Å². The number of unbranched alkanes of at least 4 members (excludes halogenated alkanes) is 15. The lowest BCUT2D eigenvalue weighted by Crippen LogP contribution is -3.00. The molecule has 25 heavy (non-hydrogen) atoms. The highest BCUT2D eigenvalue weighted by molar-refractivity contribution is 4.49. The fraction of sp³-hybridized carbons (Fsp3) is 1.00. The quantitative estimate of drug-likeness (QED) is 0.200. The van der Waals surface area contributed by atoms with E-state index in [1.807, 2.05) is 6.92 Å². The monoisotopic (exact) mass is 379 g/mol. The molecule has 0 fully saturated rings. The first-order valence-corrected chi connectivity index (χ1v) is 10.9. The third-order valence-corrected chi connectivity index (χ3v) is 4.95. The highest BCUT2D eigenvalue weighted by atomic mass is 35.5. The molecule has 2 N–H and O–H groups in total. The molecule has 0 aromatic rings. The van der Waals surface area contributed by atoms with E-state index in [9.17, 15) is 10.4 Å². The Morgan fingerprint density at radius 3 is 1.08 bits per heavy atom. The van der Waals surface area contributed by atoms with Crippen LogP contribution in [0.25, 0.3) is 0 Å². The highest BCUT2D eigenvalue weighted by Gasteiger charge is 2.19. The molecule has 0 rings (SSSR count). The Morgan fingerprint density at radius 2 is 0.760 bits per heavy atom. The van der Waals surface area contributed by atoms with Crippen molar-refractivity contribution < 1.29 is 27.6 Å². The lowest BCUT2D eigenvalue weighted by atomic mass is 10.0. The third-order valence-electron chi connectivity index (χ3n) is 4.95. The Labute approximate surface area is 164 Å². The predicted molar refractivity (Wildman–Crippen MR) is 103 cm³/mol. The molecule has 0 radical (unpaired) electrons. The molecule has 0 bridgehead atoms. The van der Waals surface area contributed by atoms with E-state index in [4.69, 9.17) is 0 Å². The highest BCUT2D eigenvalue weighted by Crippen LogP contribution is 2.14. The fourth-order valence-electron chi connectivity index (χ4n) is 3.38. The van der Waals surface area contributed by atoms with Crippen LogP contribution in [0.1, 0.15) is 123 Å². The zero-order valence-corrected chi connectivity index (χ0v) is 17.9. The topological polar surface area (TPSA) is 40.5 Å². The van der Waals surface area contributed by atoms with Gasteiger partial charge in [0.05, 0.1) is 0 Å². The van der Waals surface area contributed by atoms with Crippen molar-refractivity contribution >= 4 is 0 Å². The van der Waals surface area contributed by atoms with Crippen molar-refractivity contribution in [3.8, 4) is 0 Å². The Bertz CT molecular complexity index is 250. The SMILES string of the molecule is CCCCCCCCCCCCCCCCCC[N+](O)(O)CCC.[Cl-]. The van der Waals surface area contributed by atoms with Crippen LogP contribution in [-0.2, 0) is 0 Å². The summed E-state index contributed by atoms with van der Waals surface area (Å²) in [7, 11) is 0. The van der Waals surface area contributed by atoms with E-state index >= 15 is 0 Å². The Balaban J connectivity index is 0. The summed E-state index contributed by atoms with van der Waals surface area (Å²) in [6.07, 6.45) is 22.4. The summed E-state index contributed by atoms with van der Waals surface area (Å²) in [6.45, 7) is 5.18. The van der Waals surface area contributed by atoms with Crippen molar-refractivity contribution in [3.05, 3.63) is 0 Å². The first kappa shape index (κ1) is 27.4. The van der Waals surface area contributed by atoms with Crippen molar-refractivity contribution in [1.82, 2.24) is 0 Å². The first-order valence-electron chi connectivity index (χ1n) is 10.9. The van der Waals surface area contributed by atoms with Crippen LogP contribution in [0.2, 0.25) is 0 Å². The van der Waals surface area contributed by atoms with E-state index in [0.717, 1.165) is 19.3 Å². The van der Waals surface area contributed by atoms with Crippen molar-refractivity contribution in [2.24, 2.45) is 0 Å². The van der Waals surface area contributed by atoms with Crippen LogP contribution in [0.3, 0.4) is 0 Å². The van der Waals surface area contributed by atoms with Crippen LogP contribution in [0.5, 0.6) is 0 Å². The molecule has 0 saturated carbocycles. The Hall–Kier alpha value is 0.170. The van der Waals surface area contributed by atoms with Crippen LogP contribution in [0, 0.1) is 0 Å². The molecule has 0 aliphatic heterocycles. The maximum absolute atomic E-state index is 9.62. The molecule has 0 aromatic heterocycles. The van der Waals surface area contributed by atoms with E-state index in [2.05, 4.69) is 6.92 Å². The predicted octanol–water partition coefficient (Wildman–Crippen LogP) is 4.26. The molecule has 0 unspecified atom stereocenters. The lowest BCUT2D eigenvalue weighted by Gasteiger charge is -2.20. The molecule has 0 saturated heterocycles. The summed E-state index contributed by atoms with van der Waals surface area (Å²) < 4.78 is 0. The number of nitrogens with zero attached hydrogens (tertiary/aromatic N) is 1. The molecule has 0 aromatic carbocycles. The van der Waals surface area contributed by atoms with Crippen LogP contribution < -0.4 is 12.4 Å². The number of hydrogen-bond acceptors (Lipinski definition) is 2. The minimum absolute atomic E-state index is 0. The summed E-state index contributed by atoms with van der Waals surface area (Å²) in [6, 6.07) is 0. The molecule has 4 heteroatoms. The van der Waals surface area contributed by atoms with Crippen molar-refractivity contribution in [2.45, 2.75) is 123 Å². The molecule has 0 aliphatic carbocycles. The number of hydrogen-bond donors (Lipinski definition) is 2. The number of halogens is 1. The number of rotatable bonds is 19. The van der Waals surface area contributed by atoms with Crippen molar-refractivity contribution in [3.63, 3.8) is 0 Å². The molecule has 0 aliphatic rings. The van der Waals surface area contributed by atoms with Crippen LogP contribution >= 0.6 is 0 Å². The normalized spacial score (nSPS) is 11.5. The van der Waals surface area contributed by atoms with Gasteiger partial charge in [0.15, 0.2) is 0 Å². The van der Waals surface area contributed by atoms with E-state index in [0.29, 0.717) is 13.1 Å². The molecular weight excluding hydrogens is 334 g/mol. The molecule has 3 nitrogen and oxygen atoms in total. The van der Waals surface area contributed by atoms with E-state index in [-0.39, 0.29) is 12.4 Å². The van der Waals surface area contributed by atoms with Crippen molar-refractivity contribution in [2.75, 3.05) is 13.1 Å². The maximum atomic E-state index is 9.62. The summed E-state index contributed by atoms with van der Waals surface area (Å²) in [5.74, 6) is 0. The minimum atomic E-state index is -0.783. The van der Waals surface area contributed by atoms with Crippen LogP contribution in [0.4, 0.5) is 0 Å². The van der Waals surface area contributed by atoms with Gasteiger partial charge in [0.1, 0.15) is 13.1 Å². The second-order valence-corrected chi connectivity index (χ2v) is 7.63. The van der Waals surface area contributed by atoms with Crippen LogP contribution in [-0.4, -0.2) is 28.3 Å². The van der Waals surface area contributed by atoms with Gasteiger partial charge in [0, 0.05) is 6.42 Å². The summed E-state index contributed by atoms with van der Waals surface area (Å²) >= 11 is 0.